The van der Waals surface area contributed by atoms with Crippen LogP contribution in [0.2, 0.25) is 0 Å². The summed E-state index contributed by atoms with van der Waals surface area (Å²) in [5.41, 5.74) is 2.96. The molecule has 6 nitrogen and oxygen atoms in total. The summed E-state index contributed by atoms with van der Waals surface area (Å²) in [5.74, 6) is -0.618. The van der Waals surface area contributed by atoms with Gasteiger partial charge in [0.25, 0.3) is 10.0 Å². The Labute approximate surface area is 126 Å². The van der Waals surface area contributed by atoms with Crippen molar-refractivity contribution in [1.29, 1.82) is 0 Å². The van der Waals surface area contributed by atoms with Crippen molar-refractivity contribution < 1.29 is 12.8 Å². The molecule has 7 heteroatoms. The molecular weight excluding hydrogens is 304 g/mol. The maximum absolute atomic E-state index is 12.5. The summed E-state index contributed by atoms with van der Waals surface area (Å²) in [4.78, 5) is 13.6. The first-order valence-corrected chi connectivity index (χ1v) is 8.06. The number of fused-ring (bicyclic) bond motifs is 1. The molecule has 0 unspecified atom stereocenters. The number of anilines is 1. The molecule has 0 saturated heterocycles. The number of benzene rings is 2. The van der Waals surface area contributed by atoms with Crippen LogP contribution < -0.4 is 10.5 Å². The first kappa shape index (κ1) is 14.4. The van der Waals surface area contributed by atoms with Gasteiger partial charge in [0, 0.05) is 6.07 Å². The van der Waals surface area contributed by atoms with Gasteiger partial charge in [-0.2, -0.15) is 0 Å². The zero-order valence-electron chi connectivity index (χ0n) is 12.0. The molecule has 0 spiro atoms. The second kappa shape index (κ2) is 5.03. The second-order valence-electron chi connectivity index (χ2n) is 5.10. The number of hydrogen-bond donors (Lipinski definition) is 2. The summed E-state index contributed by atoms with van der Waals surface area (Å²) in [7, 11) is -3.76. The maximum Gasteiger partial charge on any atom is 0.417 e. The van der Waals surface area contributed by atoms with Crippen LogP contribution in [0, 0.1) is 13.8 Å². The fourth-order valence-electron chi connectivity index (χ4n) is 2.14. The molecule has 0 aliphatic carbocycles. The minimum Gasteiger partial charge on any atom is -0.408 e. The third-order valence-electron chi connectivity index (χ3n) is 3.34. The Balaban J connectivity index is 2.03. The summed E-state index contributed by atoms with van der Waals surface area (Å²) >= 11 is 0. The Morgan fingerprint density at radius 1 is 1.09 bits per heavy atom. The smallest absolute Gasteiger partial charge is 0.408 e. The average Bonchev–Trinajstić information content (AvgIpc) is 2.81. The lowest BCUT2D eigenvalue weighted by atomic mass is 10.1. The highest BCUT2D eigenvalue weighted by Gasteiger charge is 2.17. The summed E-state index contributed by atoms with van der Waals surface area (Å²) in [6, 6.07) is 9.76. The first-order chi connectivity index (χ1) is 10.3. The minimum absolute atomic E-state index is 0.0312. The molecule has 114 valence electrons. The highest BCUT2D eigenvalue weighted by molar-refractivity contribution is 7.92. The molecular formula is C15H14N2O4S. The van der Waals surface area contributed by atoms with Crippen LogP contribution in [-0.2, 0) is 10.0 Å². The molecule has 0 aliphatic heterocycles. The van der Waals surface area contributed by atoms with Crippen LogP contribution in [0.3, 0.4) is 0 Å². The van der Waals surface area contributed by atoms with E-state index in [0.717, 1.165) is 11.1 Å². The van der Waals surface area contributed by atoms with Crippen LogP contribution in [0.4, 0.5) is 5.69 Å². The lowest BCUT2D eigenvalue weighted by Crippen LogP contribution is -2.13. The number of sulfonamides is 1. The number of aromatic amines is 1. The van der Waals surface area contributed by atoms with Crippen molar-refractivity contribution in [2.24, 2.45) is 0 Å². The monoisotopic (exact) mass is 318 g/mol. The average molecular weight is 318 g/mol. The molecule has 22 heavy (non-hydrogen) atoms. The van der Waals surface area contributed by atoms with Crippen molar-refractivity contribution in [1.82, 2.24) is 4.98 Å². The van der Waals surface area contributed by atoms with Crippen LogP contribution in [-0.4, -0.2) is 13.4 Å². The van der Waals surface area contributed by atoms with Gasteiger partial charge >= 0.3 is 5.76 Å². The van der Waals surface area contributed by atoms with E-state index >= 15 is 0 Å². The molecule has 0 atom stereocenters. The van der Waals surface area contributed by atoms with Gasteiger partial charge in [-0.3, -0.25) is 9.71 Å². The van der Waals surface area contributed by atoms with Crippen LogP contribution in [0.15, 0.2) is 50.5 Å². The molecule has 0 amide bonds. The number of aromatic nitrogens is 1. The Kier molecular flexibility index (Phi) is 3.29. The number of aryl methyl sites for hydroxylation is 2. The van der Waals surface area contributed by atoms with Crippen molar-refractivity contribution in [3.63, 3.8) is 0 Å². The molecule has 0 aliphatic rings. The standard InChI is InChI=1S/C15H14N2O4S/c1-9-3-4-10(2)13(7-9)17-22(19,20)11-5-6-12-14(8-11)21-15(18)16-12/h3-8,17H,1-2H3,(H,16,18). The number of hydrogen-bond acceptors (Lipinski definition) is 4. The zero-order chi connectivity index (χ0) is 15.9. The van der Waals surface area contributed by atoms with Gasteiger partial charge in [0.15, 0.2) is 5.58 Å². The summed E-state index contributed by atoms with van der Waals surface area (Å²) < 4.78 is 32.4. The second-order valence-corrected chi connectivity index (χ2v) is 6.78. The lowest BCUT2D eigenvalue weighted by Gasteiger charge is -2.11. The lowest BCUT2D eigenvalue weighted by molar-refractivity contribution is 0.554. The highest BCUT2D eigenvalue weighted by Crippen LogP contribution is 2.22. The van der Waals surface area contributed by atoms with Crippen LogP contribution in [0.1, 0.15) is 11.1 Å². The van der Waals surface area contributed by atoms with Crippen LogP contribution >= 0.6 is 0 Å². The zero-order valence-corrected chi connectivity index (χ0v) is 12.8. The van der Waals surface area contributed by atoms with E-state index in [0.29, 0.717) is 11.2 Å². The van der Waals surface area contributed by atoms with E-state index < -0.39 is 15.8 Å². The number of oxazole rings is 1. The van der Waals surface area contributed by atoms with Crippen molar-refractivity contribution >= 4 is 26.8 Å². The van der Waals surface area contributed by atoms with E-state index in [9.17, 15) is 13.2 Å². The highest BCUT2D eigenvalue weighted by atomic mass is 32.2. The van der Waals surface area contributed by atoms with Gasteiger partial charge in [0.05, 0.1) is 16.1 Å². The van der Waals surface area contributed by atoms with Gasteiger partial charge in [-0.1, -0.05) is 12.1 Å². The molecule has 2 N–H and O–H groups in total. The van der Waals surface area contributed by atoms with Crippen molar-refractivity contribution in [3.05, 3.63) is 58.1 Å². The molecule has 1 heterocycles. The molecule has 3 rings (SSSR count). The van der Waals surface area contributed by atoms with Gasteiger partial charge in [0.1, 0.15) is 0 Å². The number of H-pyrrole nitrogens is 1. The predicted molar refractivity (Wildman–Crippen MR) is 83.6 cm³/mol. The number of nitrogens with one attached hydrogen (secondary N) is 2. The van der Waals surface area contributed by atoms with Crippen molar-refractivity contribution in [3.8, 4) is 0 Å². The minimum atomic E-state index is -3.76. The quantitative estimate of drug-likeness (QED) is 0.776. The molecule has 1 aromatic heterocycles. The van der Waals surface area contributed by atoms with E-state index in [2.05, 4.69) is 9.71 Å². The topological polar surface area (TPSA) is 92.2 Å². The predicted octanol–water partition coefficient (Wildman–Crippen LogP) is 2.54. The summed E-state index contributed by atoms with van der Waals surface area (Å²) in [5, 5.41) is 0. The van der Waals surface area contributed by atoms with E-state index in [4.69, 9.17) is 4.42 Å². The van der Waals surface area contributed by atoms with Gasteiger partial charge < -0.3 is 4.42 Å². The Morgan fingerprint density at radius 2 is 1.86 bits per heavy atom. The van der Waals surface area contributed by atoms with E-state index in [1.165, 1.54) is 18.2 Å². The third kappa shape index (κ3) is 2.62. The fraction of sp³-hybridized carbons (Fsp3) is 0.133. The molecule has 0 saturated carbocycles. The molecule has 2 aromatic carbocycles. The fourth-order valence-corrected chi connectivity index (χ4v) is 3.28. The van der Waals surface area contributed by atoms with Crippen molar-refractivity contribution in [2.45, 2.75) is 18.7 Å². The Hall–Kier alpha value is -2.54. The molecule has 3 aromatic rings. The van der Waals surface area contributed by atoms with Gasteiger partial charge in [-0.15, -0.1) is 0 Å². The van der Waals surface area contributed by atoms with Crippen LogP contribution in [0.25, 0.3) is 11.1 Å². The van der Waals surface area contributed by atoms with E-state index in [1.54, 1.807) is 6.07 Å². The summed E-state index contributed by atoms with van der Waals surface area (Å²) in [6.07, 6.45) is 0. The molecule has 0 fully saturated rings. The summed E-state index contributed by atoms with van der Waals surface area (Å²) in [6.45, 7) is 3.71. The van der Waals surface area contributed by atoms with E-state index in [1.807, 2.05) is 26.0 Å². The van der Waals surface area contributed by atoms with Gasteiger partial charge in [0.2, 0.25) is 0 Å². The molecule has 0 radical (unpaired) electrons. The third-order valence-corrected chi connectivity index (χ3v) is 4.70. The van der Waals surface area contributed by atoms with Crippen LogP contribution in [0.5, 0.6) is 0 Å². The normalized spacial score (nSPS) is 11.7. The first-order valence-electron chi connectivity index (χ1n) is 6.58. The Morgan fingerprint density at radius 3 is 2.64 bits per heavy atom. The van der Waals surface area contributed by atoms with Gasteiger partial charge in [-0.25, -0.2) is 13.2 Å². The van der Waals surface area contributed by atoms with E-state index in [-0.39, 0.29) is 10.5 Å². The van der Waals surface area contributed by atoms with Gasteiger partial charge in [-0.05, 0) is 43.2 Å². The Bertz CT molecular complexity index is 1020. The van der Waals surface area contributed by atoms with Crippen molar-refractivity contribution in [2.75, 3.05) is 4.72 Å². The SMILES string of the molecule is Cc1ccc(C)c(NS(=O)(=O)c2ccc3[nH]c(=O)oc3c2)c1. The maximum atomic E-state index is 12.5. The number of rotatable bonds is 3. The molecule has 0 bridgehead atoms. The largest absolute Gasteiger partial charge is 0.417 e.